The number of ether oxygens (including phenoxy) is 4. The van der Waals surface area contributed by atoms with E-state index in [9.17, 15) is 9.59 Å². The van der Waals surface area contributed by atoms with Gasteiger partial charge >= 0.3 is 12.1 Å². The van der Waals surface area contributed by atoms with E-state index in [1.807, 2.05) is 30.3 Å². The third-order valence-corrected chi connectivity index (χ3v) is 2.48. The molecule has 0 aliphatic carbocycles. The SMILES string of the molecule is COCOCC(NC(=O)OCc1ccccc1)C(=O)OC. The molecule has 0 saturated heterocycles. The highest BCUT2D eigenvalue weighted by molar-refractivity contribution is 5.81. The van der Waals surface area contributed by atoms with Gasteiger partial charge in [-0.1, -0.05) is 30.3 Å². The van der Waals surface area contributed by atoms with Crippen molar-refractivity contribution >= 4 is 12.1 Å². The number of methoxy groups -OCH3 is 2. The molecular formula is C14H19NO6. The minimum Gasteiger partial charge on any atom is -0.467 e. The average molecular weight is 297 g/mol. The molecule has 1 atom stereocenters. The molecule has 0 fully saturated rings. The molecule has 21 heavy (non-hydrogen) atoms. The van der Waals surface area contributed by atoms with Crippen LogP contribution >= 0.6 is 0 Å². The number of alkyl carbamates (subject to hydrolysis) is 1. The van der Waals surface area contributed by atoms with Gasteiger partial charge in [-0.15, -0.1) is 0 Å². The molecule has 0 heterocycles. The quantitative estimate of drug-likeness (QED) is 0.439. The first-order valence-corrected chi connectivity index (χ1v) is 6.29. The molecule has 7 heteroatoms. The molecule has 1 rings (SSSR count). The smallest absolute Gasteiger partial charge is 0.408 e. The van der Waals surface area contributed by atoms with Crippen molar-refractivity contribution in [3.63, 3.8) is 0 Å². The summed E-state index contributed by atoms with van der Waals surface area (Å²) in [6.07, 6.45) is -0.727. The Morgan fingerprint density at radius 1 is 1.19 bits per heavy atom. The predicted molar refractivity (Wildman–Crippen MR) is 73.4 cm³/mol. The normalized spacial score (nSPS) is 11.5. The summed E-state index contributed by atoms with van der Waals surface area (Å²) in [6, 6.07) is 8.25. The van der Waals surface area contributed by atoms with Crippen molar-refractivity contribution in [3.8, 4) is 0 Å². The van der Waals surface area contributed by atoms with Gasteiger partial charge in [-0.25, -0.2) is 9.59 Å². The van der Waals surface area contributed by atoms with Gasteiger partial charge in [0.1, 0.15) is 13.4 Å². The molecule has 0 bridgehead atoms. The van der Waals surface area contributed by atoms with Crippen LogP contribution in [-0.4, -0.2) is 45.7 Å². The minimum atomic E-state index is -0.951. The van der Waals surface area contributed by atoms with Crippen LogP contribution in [0.1, 0.15) is 5.56 Å². The topological polar surface area (TPSA) is 83.1 Å². The van der Waals surface area contributed by atoms with Crippen molar-refractivity contribution in [1.82, 2.24) is 5.32 Å². The molecule has 1 N–H and O–H groups in total. The van der Waals surface area contributed by atoms with Crippen LogP contribution in [0.2, 0.25) is 0 Å². The molecule has 1 amide bonds. The molecule has 0 spiro atoms. The summed E-state index contributed by atoms with van der Waals surface area (Å²) in [6.45, 7) is 0.0503. The zero-order valence-electron chi connectivity index (χ0n) is 12.0. The molecule has 0 aliphatic rings. The number of esters is 1. The summed E-state index contributed by atoms with van der Waals surface area (Å²) in [5.74, 6) is -0.622. The lowest BCUT2D eigenvalue weighted by Gasteiger charge is -2.16. The number of nitrogens with one attached hydrogen (secondary N) is 1. The molecule has 116 valence electrons. The van der Waals surface area contributed by atoms with Crippen molar-refractivity contribution in [3.05, 3.63) is 35.9 Å². The number of amides is 1. The van der Waals surface area contributed by atoms with E-state index in [0.717, 1.165) is 5.56 Å². The monoisotopic (exact) mass is 297 g/mol. The third kappa shape index (κ3) is 6.73. The van der Waals surface area contributed by atoms with Crippen LogP contribution in [0, 0.1) is 0 Å². The zero-order chi connectivity index (χ0) is 15.5. The number of hydrogen-bond donors (Lipinski definition) is 1. The second-order valence-corrected chi connectivity index (χ2v) is 4.06. The summed E-state index contributed by atoms with van der Waals surface area (Å²) in [5.41, 5.74) is 0.845. The van der Waals surface area contributed by atoms with Gasteiger partial charge in [0.2, 0.25) is 0 Å². The molecule has 0 saturated carbocycles. The van der Waals surface area contributed by atoms with Crippen LogP contribution in [0.4, 0.5) is 4.79 Å². The number of benzene rings is 1. The highest BCUT2D eigenvalue weighted by Gasteiger charge is 2.22. The standard InChI is InChI=1S/C14H19NO6/c1-18-10-20-9-12(13(16)19-2)15-14(17)21-8-11-6-4-3-5-7-11/h3-7,12H,8-10H2,1-2H3,(H,15,17). The highest BCUT2D eigenvalue weighted by Crippen LogP contribution is 2.01. The second-order valence-electron chi connectivity index (χ2n) is 4.06. The Hall–Kier alpha value is -2.12. The Morgan fingerprint density at radius 2 is 1.90 bits per heavy atom. The lowest BCUT2D eigenvalue weighted by Crippen LogP contribution is -2.45. The van der Waals surface area contributed by atoms with Gasteiger partial charge in [0.15, 0.2) is 6.04 Å². The number of carbonyl (C=O) groups excluding carboxylic acids is 2. The van der Waals surface area contributed by atoms with Crippen molar-refractivity contribution in [2.24, 2.45) is 0 Å². The molecule has 1 aromatic carbocycles. The van der Waals surface area contributed by atoms with Gasteiger partial charge in [0.25, 0.3) is 0 Å². The Kier molecular flexibility index (Phi) is 7.85. The maximum absolute atomic E-state index is 11.7. The Morgan fingerprint density at radius 3 is 2.52 bits per heavy atom. The van der Waals surface area contributed by atoms with Gasteiger partial charge < -0.3 is 24.3 Å². The molecule has 0 aliphatic heterocycles. The molecular weight excluding hydrogens is 278 g/mol. The Bertz CT molecular complexity index is 436. The molecule has 7 nitrogen and oxygen atoms in total. The highest BCUT2D eigenvalue weighted by atomic mass is 16.7. The third-order valence-electron chi connectivity index (χ3n) is 2.48. The fourth-order valence-electron chi connectivity index (χ4n) is 1.47. The maximum Gasteiger partial charge on any atom is 0.408 e. The number of hydrogen-bond acceptors (Lipinski definition) is 6. The number of carbonyl (C=O) groups is 2. The second kappa shape index (κ2) is 9.73. The first kappa shape index (κ1) is 16.9. The van der Waals surface area contributed by atoms with Crippen molar-refractivity contribution in [2.75, 3.05) is 27.6 Å². The van der Waals surface area contributed by atoms with E-state index < -0.39 is 18.1 Å². The average Bonchev–Trinajstić information content (AvgIpc) is 2.52. The largest absolute Gasteiger partial charge is 0.467 e. The fraction of sp³-hybridized carbons (Fsp3) is 0.429. The first-order valence-electron chi connectivity index (χ1n) is 6.29. The van der Waals surface area contributed by atoms with Crippen LogP contribution in [0.5, 0.6) is 0 Å². The van der Waals surface area contributed by atoms with E-state index in [1.165, 1.54) is 14.2 Å². The van der Waals surface area contributed by atoms with Crippen LogP contribution in [0.3, 0.4) is 0 Å². The molecule has 0 aromatic heterocycles. The Balaban J connectivity index is 2.41. The van der Waals surface area contributed by atoms with Crippen molar-refractivity contribution < 1.29 is 28.5 Å². The fourth-order valence-corrected chi connectivity index (χ4v) is 1.47. The van der Waals surface area contributed by atoms with Crippen molar-refractivity contribution in [2.45, 2.75) is 12.6 Å². The van der Waals surface area contributed by atoms with E-state index in [1.54, 1.807) is 0 Å². The van der Waals surface area contributed by atoms with Crippen LogP contribution in [0.15, 0.2) is 30.3 Å². The summed E-state index contributed by atoms with van der Waals surface area (Å²) >= 11 is 0. The first-order chi connectivity index (χ1) is 10.2. The predicted octanol–water partition coefficient (Wildman–Crippen LogP) is 1.07. The summed E-state index contributed by atoms with van der Waals surface area (Å²) in [7, 11) is 2.68. The van der Waals surface area contributed by atoms with Gasteiger partial charge in [0.05, 0.1) is 13.7 Å². The van der Waals surface area contributed by atoms with E-state index in [4.69, 9.17) is 14.2 Å². The van der Waals surface area contributed by atoms with Crippen LogP contribution in [0.25, 0.3) is 0 Å². The molecule has 1 aromatic rings. The summed E-state index contributed by atoms with van der Waals surface area (Å²) < 4.78 is 19.3. The Labute approximate surface area is 123 Å². The van der Waals surface area contributed by atoms with E-state index in [2.05, 4.69) is 10.1 Å². The summed E-state index contributed by atoms with van der Waals surface area (Å²) in [4.78, 5) is 23.2. The van der Waals surface area contributed by atoms with Gasteiger partial charge in [-0.2, -0.15) is 0 Å². The number of rotatable bonds is 8. The van der Waals surface area contributed by atoms with E-state index in [0.29, 0.717) is 0 Å². The van der Waals surface area contributed by atoms with Crippen molar-refractivity contribution in [1.29, 1.82) is 0 Å². The van der Waals surface area contributed by atoms with Gasteiger partial charge in [0, 0.05) is 7.11 Å². The van der Waals surface area contributed by atoms with Crippen LogP contribution in [-0.2, 0) is 30.3 Å². The van der Waals surface area contributed by atoms with E-state index >= 15 is 0 Å². The zero-order valence-corrected chi connectivity index (χ0v) is 12.0. The molecule has 1 unspecified atom stereocenters. The van der Waals surface area contributed by atoms with Gasteiger partial charge in [-0.05, 0) is 5.56 Å². The lowest BCUT2D eigenvalue weighted by atomic mass is 10.2. The minimum absolute atomic E-state index is 0.00817. The maximum atomic E-state index is 11.7. The molecule has 0 radical (unpaired) electrons. The van der Waals surface area contributed by atoms with Crippen LogP contribution < -0.4 is 5.32 Å². The lowest BCUT2D eigenvalue weighted by molar-refractivity contribution is -0.146. The van der Waals surface area contributed by atoms with Gasteiger partial charge in [-0.3, -0.25) is 0 Å². The summed E-state index contributed by atoms with van der Waals surface area (Å²) in [5, 5.41) is 2.38. The van der Waals surface area contributed by atoms with E-state index in [-0.39, 0.29) is 20.0 Å².